The van der Waals surface area contributed by atoms with Crippen LogP contribution in [0.3, 0.4) is 0 Å². The van der Waals surface area contributed by atoms with E-state index in [-0.39, 0.29) is 35.9 Å². The maximum Gasteiger partial charge on any atom is 0.329 e. The summed E-state index contributed by atoms with van der Waals surface area (Å²) < 4.78 is 3.06. The molecule has 0 aliphatic carbocycles. The summed E-state index contributed by atoms with van der Waals surface area (Å²) in [5.41, 5.74) is 2.26. The number of carbonyl (C=O) groups is 3. The van der Waals surface area contributed by atoms with Crippen LogP contribution >= 0.6 is 0 Å². The molecule has 2 aromatic rings. The van der Waals surface area contributed by atoms with E-state index in [9.17, 15) is 19.2 Å². The molecule has 2 aliphatic rings. The van der Waals surface area contributed by atoms with Crippen molar-refractivity contribution in [1.29, 1.82) is 0 Å². The third kappa shape index (κ3) is 3.97. The number of piperazine rings is 1. The van der Waals surface area contributed by atoms with E-state index in [0.29, 0.717) is 18.5 Å². The van der Waals surface area contributed by atoms with Gasteiger partial charge in [-0.25, -0.2) is 4.79 Å². The van der Waals surface area contributed by atoms with Crippen molar-refractivity contribution in [2.24, 2.45) is 13.0 Å². The second-order valence-corrected chi connectivity index (χ2v) is 9.27. The number of hydrogen-bond donors (Lipinski definition) is 1. The Morgan fingerprint density at radius 3 is 2.56 bits per heavy atom. The van der Waals surface area contributed by atoms with Crippen LogP contribution in [-0.4, -0.2) is 62.3 Å². The van der Waals surface area contributed by atoms with Crippen molar-refractivity contribution in [1.82, 2.24) is 24.3 Å². The summed E-state index contributed by atoms with van der Waals surface area (Å²) in [7, 11) is 1.70. The maximum absolute atomic E-state index is 12.9. The Morgan fingerprint density at radius 1 is 1.16 bits per heavy atom. The predicted octanol–water partition coefficient (Wildman–Crippen LogP) is 1.01. The van der Waals surface area contributed by atoms with E-state index in [4.69, 9.17) is 0 Å². The van der Waals surface area contributed by atoms with Crippen LogP contribution in [0.5, 0.6) is 0 Å². The van der Waals surface area contributed by atoms with Crippen LogP contribution in [0.25, 0.3) is 11.0 Å². The quantitative estimate of drug-likeness (QED) is 0.715. The molecule has 2 fully saturated rings. The van der Waals surface area contributed by atoms with Crippen LogP contribution in [0.4, 0.5) is 0 Å². The van der Waals surface area contributed by atoms with E-state index >= 15 is 0 Å². The zero-order valence-electron chi connectivity index (χ0n) is 19.1. The predicted molar refractivity (Wildman–Crippen MR) is 120 cm³/mol. The first-order chi connectivity index (χ1) is 15.2. The van der Waals surface area contributed by atoms with Crippen LogP contribution in [0.2, 0.25) is 0 Å². The standard InChI is InChI=1S/C23H31N5O4/c1-14(2)22(31)27-10-9-26(12-15(27)3)13-16-5-6-17-19(11-16)25(4)23(32)28(17)18-7-8-20(29)24-21(18)30/h5-6,11,14-15,18H,7-10,12-13H2,1-4H3,(H,24,29,30)/t15-,18?/m0/s1. The van der Waals surface area contributed by atoms with Gasteiger partial charge in [0.2, 0.25) is 17.7 Å². The van der Waals surface area contributed by atoms with Crippen LogP contribution in [0.15, 0.2) is 23.0 Å². The molecule has 1 aromatic heterocycles. The lowest BCUT2D eigenvalue weighted by atomic mass is 10.1. The van der Waals surface area contributed by atoms with Crippen molar-refractivity contribution in [3.63, 3.8) is 0 Å². The largest absolute Gasteiger partial charge is 0.337 e. The molecule has 32 heavy (non-hydrogen) atoms. The molecule has 0 radical (unpaired) electrons. The SMILES string of the molecule is CC(C)C(=O)N1CCN(Cc2ccc3c(c2)n(C)c(=O)n3C2CCC(=O)NC2=O)C[C@@H]1C. The second-order valence-electron chi connectivity index (χ2n) is 9.27. The number of amides is 3. The smallest absolute Gasteiger partial charge is 0.329 e. The minimum atomic E-state index is -0.679. The minimum absolute atomic E-state index is 0.00102. The molecule has 9 nitrogen and oxygen atoms in total. The van der Waals surface area contributed by atoms with Gasteiger partial charge < -0.3 is 4.90 Å². The van der Waals surface area contributed by atoms with Gasteiger partial charge in [0.25, 0.3) is 0 Å². The molecule has 172 valence electrons. The number of piperidine rings is 1. The summed E-state index contributed by atoms with van der Waals surface area (Å²) in [6.45, 7) is 8.99. The van der Waals surface area contributed by atoms with Crippen molar-refractivity contribution in [2.45, 2.75) is 52.2 Å². The molecule has 0 bridgehead atoms. The molecule has 3 amide bonds. The van der Waals surface area contributed by atoms with Crippen LogP contribution in [0.1, 0.15) is 45.2 Å². The highest BCUT2D eigenvalue weighted by Gasteiger charge is 2.32. The lowest BCUT2D eigenvalue weighted by Gasteiger charge is -2.40. The number of rotatable bonds is 4. The van der Waals surface area contributed by atoms with Crippen molar-refractivity contribution in [3.8, 4) is 0 Å². The highest BCUT2D eigenvalue weighted by molar-refractivity contribution is 6.00. The number of imidazole rings is 1. The number of aromatic nitrogens is 2. The summed E-state index contributed by atoms with van der Waals surface area (Å²) in [6, 6.07) is 5.34. The highest BCUT2D eigenvalue weighted by atomic mass is 16.2. The summed E-state index contributed by atoms with van der Waals surface area (Å²) in [4.78, 5) is 53.5. The number of aryl methyl sites for hydroxylation is 1. The van der Waals surface area contributed by atoms with Gasteiger partial charge in [-0.2, -0.15) is 0 Å². The lowest BCUT2D eigenvalue weighted by Crippen LogP contribution is -2.54. The van der Waals surface area contributed by atoms with Crippen molar-refractivity contribution >= 4 is 28.8 Å². The molecule has 3 heterocycles. The summed E-state index contributed by atoms with van der Waals surface area (Å²) in [5, 5.41) is 2.34. The third-order valence-electron chi connectivity index (χ3n) is 6.57. The van der Waals surface area contributed by atoms with Gasteiger partial charge >= 0.3 is 5.69 Å². The van der Waals surface area contributed by atoms with Gasteiger partial charge in [0, 0.05) is 51.6 Å². The molecule has 0 spiro atoms. The summed E-state index contributed by atoms with van der Waals surface area (Å²) >= 11 is 0. The number of fused-ring (bicyclic) bond motifs is 1. The molecule has 1 aromatic carbocycles. The van der Waals surface area contributed by atoms with Gasteiger partial charge in [0.1, 0.15) is 6.04 Å². The molecule has 1 N–H and O–H groups in total. The van der Waals surface area contributed by atoms with E-state index in [1.807, 2.05) is 36.9 Å². The first-order valence-electron chi connectivity index (χ1n) is 11.2. The van der Waals surface area contributed by atoms with Gasteiger partial charge in [-0.3, -0.25) is 33.7 Å². The average molecular weight is 442 g/mol. The highest BCUT2D eigenvalue weighted by Crippen LogP contribution is 2.24. The number of hydrogen-bond acceptors (Lipinski definition) is 5. The molecular weight excluding hydrogens is 410 g/mol. The fraction of sp³-hybridized carbons (Fsp3) is 0.565. The summed E-state index contributed by atoms with van der Waals surface area (Å²) in [5.74, 6) is -0.529. The Labute approximate surface area is 187 Å². The van der Waals surface area contributed by atoms with Crippen molar-refractivity contribution < 1.29 is 14.4 Å². The topological polar surface area (TPSA) is 96.7 Å². The first kappa shape index (κ1) is 22.3. The number of nitrogens with one attached hydrogen (secondary N) is 1. The zero-order valence-corrected chi connectivity index (χ0v) is 19.1. The van der Waals surface area contributed by atoms with Crippen molar-refractivity contribution in [2.75, 3.05) is 19.6 Å². The van der Waals surface area contributed by atoms with Gasteiger partial charge in [-0.05, 0) is 31.0 Å². The first-order valence-corrected chi connectivity index (χ1v) is 11.2. The molecular formula is C23H31N5O4. The van der Waals surface area contributed by atoms with Crippen LogP contribution in [0, 0.1) is 5.92 Å². The van der Waals surface area contributed by atoms with Crippen LogP contribution < -0.4 is 11.0 Å². The monoisotopic (exact) mass is 441 g/mol. The molecule has 0 saturated carbocycles. The van der Waals surface area contributed by atoms with E-state index in [0.717, 1.165) is 30.7 Å². The second kappa shape index (κ2) is 8.54. The van der Waals surface area contributed by atoms with Gasteiger partial charge in [-0.15, -0.1) is 0 Å². The minimum Gasteiger partial charge on any atom is -0.337 e. The molecule has 1 unspecified atom stereocenters. The molecule has 2 atom stereocenters. The number of nitrogens with zero attached hydrogens (tertiary/aromatic N) is 4. The molecule has 2 saturated heterocycles. The fourth-order valence-electron chi connectivity index (χ4n) is 4.83. The number of carbonyl (C=O) groups excluding carboxylic acids is 3. The fourth-order valence-corrected chi connectivity index (χ4v) is 4.83. The Morgan fingerprint density at radius 2 is 1.91 bits per heavy atom. The molecule has 9 heteroatoms. The van der Waals surface area contributed by atoms with Gasteiger partial charge in [0.15, 0.2) is 0 Å². The maximum atomic E-state index is 12.9. The zero-order chi connectivity index (χ0) is 23.2. The van der Waals surface area contributed by atoms with Gasteiger partial charge in [0.05, 0.1) is 11.0 Å². The average Bonchev–Trinajstić information content (AvgIpc) is 2.98. The van der Waals surface area contributed by atoms with E-state index in [2.05, 4.69) is 17.1 Å². The van der Waals surface area contributed by atoms with E-state index in [1.54, 1.807) is 11.6 Å². The van der Waals surface area contributed by atoms with E-state index in [1.165, 1.54) is 4.57 Å². The summed E-state index contributed by atoms with van der Waals surface area (Å²) in [6.07, 6.45) is 0.545. The van der Waals surface area contributed by atoms with Gasteiger partial charge in [-0.1, -0.05) is 19.9 Å². The molecule has 2 aliphatic heterocycles. The van der Waals surface area contributed by atoms with Crippen LogP contribution in [-0.2, 0) is 28.0 Å². The third-order valence-corrected chi connectivity index (χ3v) is 6.57. The van der Waals surface area contributed by atoms with E-state index < -0.39 is 11.9 Å². The normalized spacial score (nSPS) is 22.6. The Balaban J connectivity index is 1.55. The Hall–Kier alpha value is -2.94. The lowest BCUT2D eigenvalue weighted by molar-refractivity contribution is -0.139. The van der Waals surface area contributed by atoms with Crippen molar-refractivity contribution in [3.05, 3.63) is 34.2 Å². The Kier molecular flexibility index (Phi) is 5.94. The Bertz CT molecular complexity index is 1130. The number of benzene rings is 1. The number of imide groups is 1. The molecule has 4 rings (SSSR count).